The molecule has 3 rings (SSSR count). The molecule has 0 aliphatic carbocycles. The van der Waals surface area contributed by atoms with Gasteiger partial charge >= 0.3 is 12.1 Å². The number of carbonyl (C=O) groups excluding carboxylic acids is 3. The molecule has 0 aliphatic rings. The van der Waals surface area contributed by atoms with Gasteiger partial charge in [0.15, 0.2) is 0 Å². The quantitative estimate of drug-likeness (QED) is 0.241. The van der Waals surface area contributed by atoms with Gasteiger partial charge in [-0.15, -0.1) is 0 Å². The Kier molecular flexibility index (Phi) is 9.79. The van der Waals surface area contributed by atoms with Crippen LogP contribution < -0.4 is 26.2 Å². The second kappa shape index (κ2) is 13.2. The maximum atomic E-state index is 12.8. The minimum absolute atomic E-state index is 0.126. The zero-order valence-electron chi connectivity index (χ0n) is 22.2. The number of amides is 2. The third-order valence-electron chi connectivity index (χ3n) is 5.11. The Hall–Kier alpha value is -4.68. The van der Waals surface area contributed by atoms with Crippen LogP contribution in [0.5, 0.6) is 5.75 Å². The van der Waals surface area contributed by atoms with Gasteiger partial charge in [-0.05, 0) is 51.5 Å². The van der Waals surface area contributed by atoms with Gasteiger partial charge in [-0.3, -0.25) is 14.0 Å². The molecule has 13 nitrogen and oxygen atoms in total. The van der Waals surface area contributed by atoms with E-state index in [4.69, 9.17) is 14.2 Å². The standard InChI is InChI=1S/C26H32N6O7/c1-26(2,3)39-25(36)29-11-6-12-38-19-8-7-18-13-17(14-21(33)32(18)16-19)22(34)30-15-20(23(35)37-4)31-24-27-9-5-10-28-24/h5,7-10,13-14,16,20H,6,11-12,15H2,1-4H3,(H,29,36)(H,30,34)(H,27,28,31). The summed E-state index contributed by atoms with van der Waals surface area (Å²) < 4.78 is 17.0. The van der Waals surface area contributed by atoms with Crippen molar-refractivity contribution in [1.82, 2.24) is 25.0 Å². The van der Waals surface area contributed by atoms with Crippen molar-refractivity contribution in [2.75, 3.05) is 32.1 Å². The summed E-state index contributed by atoms with van der Waals surface area (Å²) in [5, 5.41) is 8.08. The average molecular weight is 541 g/mol. The molecule has 3 heterocycles. The van der Waals surface area contributed by atoms with E-state index >= 15 is 0 Å². The van der Waals surface area contributed by atoms with Crippen LogP contribution in [0.3, 0.4) is 0 Å². The monoisotopic (exact) mass is 540 g/mol. The molecule has 208 valence electrons. The van der Waals surface area contributed by atoms with Crippen molar-refractivity contribution >= 4 is 29.4 Å². The number of nitrogens with zero attached hydrogens (tertiary/aromatic N) is 3. The van der Waals surface area contributed by atoms with Crippen LogP contribution in [0.15, 0.2) is 53.7 Å². The predicted octanol–water partition coefficient (Wildman–Crippen LogP) is 1.77. The van der Waals surface area contributed by atoms with Crippen LogP contribution in [-0.4, -0.2) is 70.8 Å². The molecule has 0 fully saturated rings. The zero-order chi connectivity index (χ0) is 28.4. The summed E-state index contributed by atoms with van der Waals surface area (Å²) in [7, 11) is 1.23. The van der Waals surface area contributed by atoms with E-state index in [1.807, 2.05) is 0 Å². The highest BCUT2D eigenvalue weighted by Gasteiger charge is 2.21. The van der Waals surface area contributed by atoms with Crippen LogP contribution in [0.25, 0.3) is 5.52 Å². The first kappa shape index (κ1) is 28.9. The van der Waals surface area contributed by atoms with E-state index in [9.17, 15) is 19.2 Å². The molecule has 0 bridgehead atoms. The fraction of sp³-hybridized carbons (Fsp3) is 0.385. The lowest BCUT2D eigenvalue weighted by molar-refractivity contribution is -0.141. The summed E-state index contributed by atoms with van der Waals surface area (Å²) in [5.41, 5.74) is -0.400. The SMILES string of the molecule is COC(=O)C(CNC(=O)c1cc(=O)n2cc(OCCCNC(=O)OC(C)(C)C)ccc2c1)Nc1ncccn1. The van der Waals surface area contributed by atoms with Crippen LogP contribution in [0.4, 0.5) is 10.7 Å². The van der Waals surface area contributed by atoms with Gasteiger partial charge in [-0.2, -0.15) is 0 Å². The van der Waals surface area contributed by atoms with Crippen LogP contribution in [0.1, 0.15) is 37.6 Å². The van der Waals surface area contributed by atoms with E-state index in [0.717, 1.165) is 0 Å². The number of nitrogens with one attached hydrogen (secondary N) is 3. The number of pyridine rings is 2. The van der Waals surface area contributed by atoms with Gasteiger partial charge in [0.2, 0.25) is 5.95 Å². The number of ether oxygens (including phenoxy) is 3. The molecule has 0 saturated carbocycles. The van der Waals surface area contributed by atoms with Crippen molar-refractivity contribution in [3.05, 3.63) is 64.8 Å². The minimum Gasteiger partial charge on any atom is -0.492 e. The lowest BCUT2D eigenvalue weighted by atomic mass is 10.2. The first-order valence-corrected chi connectivity index (χ1v) is 12.2. The van der Waals surface area contributed by atoms with Crippen LogP contribution in [0.2, 0.25) is 0 Å². The minimum atomic E-state index is -0.943. The summed E-state index contributed by atoms with van der Waals surface area (Å²) in [6, 6.07) is 6.75. The maximum Gasteiger partial charge on any atom is 0.407 e. The second-order valence-corrected chi connectivity index (χ2v) is 9.38. The van der Waals surface area contributed by atoms with E-state index in [-0.39, 0.29) is 18.1 Å². The zero-order valence-corrected chi connectivity index (χ0v) is 22.2. The second-order valence-electron chi connectivity index (χ2n) is 9.38. The highest BCUT2D eigenvalue weighted by Crippen LogP contribution is 2.14. The van der Waals surface area contributed by atoms with Crippen molar-refractivity contribution in [2.24, 2.45) is 0 Å². The summed E-state index contributed by atoms with van der Waals surface area (Å²) in [6.45, 7) is 5.90. The molecule has 3 N–H and O–H groups in total. The van der Waals surface area contributed by atoms with Gasteiger partial charge in [0.05, 0.1) is 19.9 Å². The molecule has 13 heteroatoms. The van der Waals surface area contributed by atoms with E-state index in [1.54, 1.807) is 45.0 Å². The normalized spacial score (nSPS) is 11.8. The average Bonchev–Trinajstić information content (AvgIpc) is 2.89. The molecule has 2 amide bonds. The summed E-state index contributed by atoms with van der Waals surface area (Å²) in [5.74, 6) is -0.510. The number of alkyl carbamates (subject to hydrolysis) is 1. The number of anilines is 1. The van der Waals surface area contributed by atoms with Crippen molar-refractivity contribution in [1.29, 1.82) is 0 Å². The molecule has 0 aromatic carbocycles. The number of hydrogen-bond acceptors (Lipinski definition) is 10. The smallest absolute Gasteiger partial charge is 0.407 e. The first-order chi connectivity index (χ1) is 18.6. The summed E-state index contributed by atoms with van der Waals surface area (Å²) in [6.07, 6.45) is 4.57. The van der Waals surface area contributed by atoms with Gasteiger partial charge in [-0.1, -0.05) is 0 Å². The molecule has 0 aliphatic heterocycles. The molecule has 3 aromatic rings. The van der Waals surface area contributed by atoms with E-state index in [0.29, 0.717) is 30.8 Å². The summed E-state index contributed by atoms with van der Waals surface area (Å²) in [4.78, 5) is 57.3. The van der Waals surface area contributed by atoms with Crippen molar-refractivity contribution in [3.8, 4) is 5.75 Å². The Balaban J connectivity index is 1.57. The lowest BCUT2D eigenvalue weighted by Gasteiger charge is -2.19. The number of rotatable bonds is 11. The third-order valence-corrected chi connectivity index (χ3v) is 5.11. The molecule has 0 radical (unpaired) electrons. The van der Waals surface area contributed by atoms with Crippen molar-refractivity contribution in [2.45, 2.75) is 38.8 Å². The Morgan fingerprint density at radius 1 is 1.08 bits per heavy atom. The highest BCUT2D eigenvalue weighted by molar-refractivity contribution is 5.95. The van der Waals surface area contributed by atoms with Gasteiger partial charge in [-0.25, -0.2) is 19.6 Å². The first-order valence-electron chi connectivity index (χ1n) is 12.2. The van der Waals surface area contributed by atoms with Crippen LogP contribution in [-0.2, 0) is 14.3 Å². The fourth-order valence-electron chi connectivity index (χ4n) is 3.35. The molecule has 0 saturated heterocycles. The van der Waals surface area contributed by atoms with Gasteiger partial charge in [0.25, 0.3) is 11.5 Å². The molecule has 3 aromatic heterocycles. The molecule has 0 spiro atoms. The van der Waals surface area contributed by atoms with Crippen molar-refractivity contribution < 1.29 is 28.6 Å². The number of methoxy groups -OCH3 is 1. The highest BCUT2D eigenvalue weighted by atomic mass is 16.6. The largest absolute Gasteiger partial charge is 0.492 e. The predicted molar refractivity (Wildman–Crippen MR) is 142 cm³/mol. The Morgan fingerprint density at radius 3 is 2.51 bits per heavy atom. The van der Waals surface area contributed by atoms with Crippen LogP contribution in [0, 0.1) is 0 Å². The van der Waals surface area contributed by atoms with Gasteiger partial charge in [0, 0.05) is 42.6 Å². The van der Waals surface area contributed by atoms with E-state index in [1.165, 1.54) is 36.2 Å². The number of aromatic nitrogens is 3. The molecule has 1 unspecified atom stereocenters. The molecular weight excluding hydrogens is 508 g/mol. The van der Waals surface area contributed by atoms with Gasteiger partial charge in [0.1, 0.15) is 17.4 Å². The fourth-order valence-corrected chi connectivity index (χ4v) is 3.35. The topological polar surface area (TPSA) is 162 Å². The number of esters is 1. The van der Waals surface area contributed by atoms with Crippen molar-refractivity contribution in [3.63, 3.8) is 0 Å². The third kappa shape index (κ3) is 8.98. The maximum absolute atomic E-state index is 12.8. The van der Waals surface area contributed by atoms with Crippen LogP contribution >= 0.6 is 0 Å². The number of fused-ring (bicyclic) bond motifs is 1. The Bertz CT molecular complexity index is 1350. The lowest BCUT2D eigenvalue weighted by Crippen LogP contribution is -2.42. The van der Waals surface area contributed by atoms with E-state index < -0.39 is 35.2 Å². The Morgan fingerprint density at radius 2 is 1.82 bits per heavy atom. The molecular formula is C26H32N6O7. The molecule has 1 atom stereocenters. The molecule has 39 heavy (non-hydrogen) atoms. The Labute approximate surface area is 224 Å². The van der Waals surface area contributed by atoms with Gasteiger partial charge < -0.3 is 30.2 Å². The van der Waals surface area contributed by atoms with E-state index in [2.05, 4.69) is 25.9 Å². The number of carbonyl (C=O) groups is 3. The summed E-state index contributed by atoms with van der Waals surface area (Å²) >= 11 is 0. The number of hydrogen-bond donors (Lipinski definition) is 3.